The number of aryl methyl sites for hydroxylation is 1. The van der Waals surface area contributed by atoms with Crippen molar-refractivity contribution in [3.8, 4) is 0 Å². The van der Waals surface area contributed by atoms with Gasteiger partial charge in [0.2, 0.25) is 5.91 Å². The van der Waals surface area contributed by atoms with E-state index in [0.717, 1.165) is 5.56 Å². The monoisotopic (exact) mass is 279 g/mol. The second-order valence-corrected chi connectivity index (χ2v) is 5.71. The molecule has 0 radical (unpaired) electrons. The van der Waals surface area contributed by atoms with Gasteiger partial charge in [-0.3, -0.25) is 4.79 Å². The number of aliphatic hydroxyl groups is 1. The second kappa shape index (κ2) is 7.26. The smallest absolute Gasteiger partial charge is 0.220 e. The zero-order chi connectivity index (χ0) is 15.2. The highest BCUT2D eigenvalue weighted by Crippen LogP contribution is 2.12. The SMILES string of the molecule is CN(C)CC(C)(O)CNC(=O)CCc1ccccc1N. The highest BCUT2D eigenvalue weighted by atomic mass is 16.3. The van der Waals surface area contributed by atoms with Crippen LogP contribution in [0.5, 0.6) is 0 Å². The number of nitrogens with one attached hydrogen (secondary N) is 1. The van der Waals surface area contributed by atoms with Crippen LogP contribution in [0.25, 0.3) is 0 Å². The molecule has 1 amide bonds. The van der Waals surface area contributed by atoms with Gasteiger partial charge in [-0.25, -0.2) is 0 Å². The van der Waals surface area contributed by atoms with Gasteiger partial charge >= 0.3 is 0 Å². The number of rotatable bonds is 7. The zero-order valence-electron chi connectivity index (χ0n) is 12.5. The number of nitrogens with zero attached hydrogens (tertiary/aromatic N) is 1. The van der Waals surface area contributed by atoms with Crippen molar-refractivity contribution in [3.05, 3.63) is 29.8 Å². The number of benzene rings is 1. The van der Waals surface area contributed by atoms with E-state index in [-0.39, 0.29) is 12.5 Å². The van der Waals surface area contributed by atoms with Crippen molar-refractivity contribution >= 4 is 11.6 Å². The van der Waals surface area contributed by atoms with E-state index in [1.165, 1.54) is 0 Å². The van der Waals surface area contributed by atoms with Crippen LogP contribution >= 0.6 is 0 Å². The molecule has 5 nitrogen and oxygen atoms in total. The van der Waals surface area contributed by atoms with Crippen LogP contribution in [0, 0.1) is 0 Å². The summed E-state index contributed by atoms with van der Waals surface area (Å²) < 4.78 is 0. The summed E-state index contributed by atoms with van der Waals surface area (Å²) >= 11 is 0. The molecule has 0 heterocycles. The lowest BCUT2D eigenvalue weighted by atomic mass is 10.1. The lowest BCUT2D eigenvalue weighted by molar-refractivity contribution is -0.122. The maximum atomic E-state index is 11.8. The van der Waals surface area contributed by atoms with Crippen LogP contribution in [0.3, 0.4) is 0 Å². The third-order valence-corrected chi connectivity index (χ3v) is 3.00. The van der Waals surface area contributed by atoms with Crippen molar-refractivity contribution in [2.75, 3.05) is 32.9 Å². The highest BCUT2D eigenvalue weighted by molar-refractivity contribution is 5.76. The predicted molar refractivity (Wildman–Crippen MR) is 81.4 cm³/mol. The molecule has 4 N–H and O–H groups in total. The van der Waals surface area contributed by atoms with E-state index in [9.17, 15) is 9.90 Å². The van der Waals surface area contributed by atoms with E-state index >= 15 is 0 Å². The summed E-state index contributed by atoms with van der Waals surface area (Å²) in [5.74, 6) is -0.0766. The molecule has 0 saturated carbocycles. The summed E-state index contributed by atoms with van der Waals surface area (Å²) in [5.41, 5.74) is 6.58. The first-order valence-electron chi connectivity index (χ1n) is 6.77. The van der Waals surface area contributed by atoms with Crippen molar-refractivity contribution in [3.63, 3.8) is 0 Å². The van der Waals surface area contributed by atoms with Gasteiger partial charge in [-0.05, 0) is 39.1 Å². The fourth-order valence-electron chi connectivity index (χ4n) is 2.12. The van der Waals surface area contributed by atoms with Gasteiger partial charge in [0.05, 0.1) is 5.60 Å². The standard InChI is InChI=1S/C15H25N3O2/c1-15(20,11-18(2)3)10-17-14(19)9-8-12-6-4-5-7-13(12)16/h4-7,20H,8-11,16H2,1-3H3,(H,17,19). The number of likely N-dealkylation sites (N-methyl/N-ethyl adjacent to an activating group) is 1. The number of anilines is 1. The van der Waals surface area contributed by atoms with Crippen LogP contribution in [0.15, 0.2) is 24.3 Å². The van der Waals surface area contributed by atoms with Crippen molar-refractivity contribution < 1.29 is 9.90 Å². The molecule has 5 heteroatoms. The molecular weight excluding hydrogens is 254 g/mol. The average Bonchev–Trinajstić information content (AvgIpc) is 2.34. The number of amides is 1. The molecule has 0 aliphatic carbocycles. The first kappa shape index (κ1) is 16.5. The highest BCUT2D eigenvalue weighted by Gasteiger charge is 2.21. The molecule has 0 aromatic heterocycles. The molecule has 0 saturated heterocycles. The van der Waals surface area contributed by atoms with Crippen LogP contribution in [0.2, 0.25) is 0 Å². The van der Waals surface area contributed by atoms with Crippen LogP contribution in [0.1, 0.15) is 18.9 Å². The minimum Gasteiger partial charge on any atom is -0.399 e. The lowest BCUT2D eigenvalue weighted by Crippen LogP contribution is -2.47. The van der Waals surface area contributed by atoms with E-state index in [1.807, 2.05) is 43.3 Å². The fraction of sp³-hybridized carbons (Fsp3) is 0.533. The molecule has 112 valence electrons. The number of carbonyl (C=O) groups is 1. The molecule has 1 aromatic rings. The minimum atomic E-state index is -0.926. The van der Waals surface area contributed by atoms with Gasteiger partial charge < -0.3 is 21.1 Å². The van der Waals surface area contributed by atoms with E-state index in [0.29, 0.717) is 25.1 Å². The predicted octanol–water partition coefficient (Wildman–Crippen LogP) is 0.630. The van der Waals surface area contributed by atoms with Crippen molar-refractivity contribution in [2.24, 2.45) is 0 Å². The van der Waals surface area contributed by atoms with Crippen LogP contribution < -0.4 is 11.1 Å². The van der Waals surface area contributed by atoms with Gasteiger partial charge in [0.1, 0.15) is 0 Å². The molecule has 1 rings (SSSR count). The number of carbonyl (C=O) groups excluding carboxylic acids is 1. The Hall–Kier alpha value is -1.59. The van der Waals surface area contributed by atoms with Gasteiger partial charge in [-0.2, -0.15) is 0 Å². The van der Waals surface area contributed by atoms with Crippen molar-refractivity contribution in [1.82, 2.24) is 10.2 Å². The van der Waals surface area contributed by atoms with Crippen LogP contribution in [-0.2, 0) is 11.2 Å². The molecule has 1 atom stereocenters. The number of hydrogen-bond donors (Lipinski definition) is 3. The van der Waals surface area contributed by atoms with Crippen molar-refractivity contribution in [2.45, 2.75) is 25.4 Å². The maximum Gasteiger partial charge on any atom is 0.220 e. The number of nitrogen functional groups attached to an aromatic ring is 1. The maximum absolute atomic E-state index is 11.8. The van der Waals surface area contributed by atoms with Gasteiger partial charge in [0.25, 0.3) is 0 Å². The van der Waals surface area contributed by atoms with E-state index in [4.69, 9.17) is 5.73 Å². The van der Waals surface area contributed by atoms with Crippen LogP contribution in [0.4, 0.5) is 5.69 Å². The van der Waals surface area contributed by atoms with Crippen LogP contribution in [-0.4, -0.2) is 48.7 Å². The third kappa shape index (κ3) is 6.04. The number of hydrogen-bond acceptors (Lipinski definition) is 4. The molecular formula is C15H25N3O2. The number of para-hydroxylation sites is 1. The summed E-state index contributed by atoms with van der Waals surface area (Å²) in [6, 6.07) is 7.53. The minimum absolute atomic E-state index is 0.0766. The van der Waals surface area contributed by atoms with Gasteiger partial charge in [-0.15, -0.1) is 0 Å². The largest absolute Gasteiger partial charge is 0.399 e. The summed E-state index contributed by atoms with van der Waals surface area (Å²) in [6.45, 7) is 2.45. The molecule has 0 aliphatic rings. The topological polar surface area (TPSA) is 78.6 Å². The Morgan fingerprint density at radius 3 is 2.65 bits per heavy atom. The van der Waals surface area contributed by atoms with Gasteiger partial charge in [0, 0.05) is 25.2 Å². The van der Waals surface area contributed by atoms with Gasteiger partial charge in [-0.1, -0.05) is 18.2 Å². The Morgan fingerprint density at radius 2 is 2.05 bits per heavy atom. The Balaban J connectivity index is 2.36. The molecule has 0 bridgehead atoms. The Morgan fingerprint density at radius 1 is 1.40 bits per heavy atom. The third-order valence-electron chi connectivity index (χ3n) is 3.00. The molecule has 1 aromatic carbocycles. The molecule has 0 spiro atoms. The van der Waals surface area contributed by atoms with Gasteiger partial charge in [0.15, 0.2) is 0 Å². The normalized spacial score (nSPS) is 14.1. The summed E-state index contributed by atoms with van der Waals surface area (Å²) in [5, 5.41) is 12.8. The second-order valence-electron chi connectivity index (χ2n) is 5.71. The Bertz CT molecular complexity index is 444. The fourth-order valence-corrected chi connectivity index (χ4v) is 2.12. The number of nitrogens with two attached hydrogens (primary N) is 1. The van der Waals surface area contributed by atoms with Crippen molar-refractivity contribution in [1.29, 1.82) is 0 Å². The lowest BCUT2D eigenvalue weighted by Gasteiger charge is -2.27. The molecule has 20 heavy (non-hydrogen) atoms. The summed E-state index contributed by atoms with van der Waals surface area (Å²) in [4.78, 5) is 13.7. The Kier molecular flexibility index (Phi) is 5.98. The van der Waals surface area contributed by atoms with E-state index in [1.54, 1.807) is 6.92 Å². The average molecular weight is 279 g/mol. The zero-order valence-corrected chi connectivity index (χ0v) is 12.5. The quantitative estimate of drug-likeness (QED) is 0.640. The molecule has 0 fully saturated rings. The van der Waals surface area contributed by atoms with E-state index < -0.39 is 5.60 Å². The molecule has 0 aliphatic heterocycles. The first-order chi connectivity index (χ1) is 9.30. The van der Waals surface area contributed by atoms with E-state index in [2.05, 4.69) is 5.32 Å². The summed E-state index contributed by atoms with van der Waals surface area (Å²) in [7, 11) is 3.77. The Labute approximate surface area is 120 Å². The molecule has 1 unspecified atom stereocenters. The first-order valence-corrected chi connectivity index (χ1v) is 6.77. The summed E-state index contributed by atoms with van der Waals surface area (Å²) in [6.07, 6.45) is 0.973.